The molecule has 1 N–H and O–H groups in total. The molecule has 2 unspecified atom stereocenters. The molecule has 1 saturated heterocycles. The number of rotatable bonds is 4. The third kappa shape index (κ3) is 3.39. The Kier molecular flexibility index (Phi) is 5.37. The molecule has 1 heterocycles. The lowest BCUT2D eigenvalue weighted by Gasteiger charge is -2.44. The third-order valence-electron chi connectivity index (χ3n) is 4.15. The highest BCUT2D eigenvalue weighted by atomic mass is 19.1. The van der Waals surface area contributed by atoms with E-state index in [1.165, 1.54) is 18.2 Å². The number of carbonyl (C=O) groups excluding carboxylic acids is 1. The van der Waals surface area contributed by atoms with Crippen molar-refractivity contribution in [3.8, 4) is 5.75 Å². The number of carbonyl (C=O) groups is 1. The zero-order chi connectivity index (χ0) is 16.3. The second-order valence-electron chi connectivity index (χ2n) is 5.77. The van der Waals surface area contributed by atoms with Gasteiger partial charge in [-0.15, -0.1) is 0 Å². The lowest BCUT2D eigenvalue weighted by atomic mass is 10.1. The van der Waals surface area contributed by atoms with Crippen LogP contribution in [0, 0.1) is 5.82 Å². The zero-order valence-electron chi connectivity index (χ0n) is 13.3. The Morgan fingerprint density at radius 3 is 2.55 bits per heavy atom. The second-order valence-corrected chi connectivity index (χ2v) is 5.77. The Morgan fingerprint density at radius 2 is 2.00 bits per heavy atom. The van der Waals surface area contributed by atoms with Crippen LogP contribution in [0.3, 0.4) is 0 Å². The van der Waals surface area contributed by atoms with Gasteiger partial charge in [-0.25, -0.2) is 4.39 Å². The van der Waals surface area contributed by atoms with Gasteiger partial charge in [-0.05, 0) is 26.0 Å². The SMILES string of the molecule is COCCN1C(C)CN(C(=O)c2c(O)cccc2F)CC1C. The largest absolute Gasteiger partial charge is 0.507 e. The van der Waals surface area contributed by atoms with Gasteiger partial charge in [-0.3, -0.25) is 9.69 Å². The number of hydrogen-bond donors (Lipinski definition) is 1. The van der Waals surface area contributed by atoms with Crippen molar-refractivity contribution in [2.45, 2.75) is 25.9 Å². The van der Waals surface area contributed by atoms with E-state index in [1.54, 1.807) is 12.0 Å². The normalized spacial score (nSPS) is 22.8. The van der Waals surface area contributed by atoms with Crippen LogP contribution >= 0.6 is 0 Å². The molecule has 2 rings (SSSR count). The standard InChI is InChI=1S/C16H23FN2O3/c1-11-9-18(10-12(2)19(11)7-8-22-3)16(21)15-13(17)5-4-6-14(15)20/h4-6,11-12,20H,7-10H2,1-3H3. The van der Waals surface area contributed by atoms with E-state index in [-0.39, 0.29) is 23.4 Å². The molecule has 0 radical (unpaired) electrons. The van der Waals surface area contributed by atoms with Crippen LogP contribution in [-0.2, 0) is 4.74 Å². The first-order valence-corrected chi connectivity index (χ1v) is 7.47. The molecule has 122 valence electrons. The number of amides is 1. The van der Waals surface area contributed by atoms with E-state index in [4.69, 9.17) is 4.74 Å². The third-order valence-corrected chi connectivity index (χ3v) is 4.15. The van der Waals surface area contributed by atoms with E-state index >= 15 is 0 Å². The molecule has 1 aromatic rings. The predicted octanol–water partition coefficient (Wildman–Crippen LogP) is 1.71. The molecule has 1 amide bonds. The molecule has 0 bridgehead atoms. The van der Waals surface area contributed by atoms with Crippen LogP contribution in [0.4, 0.5) is 4.39 Å². The molecular weight excluding hydrogens is 287 g/mol. The van der Waals surface area contributed by atoms with E-state index in [0.717, 1.165) is 6.54 Å². The van der Waals surface area contributed by atoms with Crippen molar-refractivity contribution < 1.29 is 19.0 Å². The van der Waals surface area contributed by atoms with Gasteiger partial charge in [-0.2, -0.15) is 0 Å². The summed E-state index contributed by atoms with van der Waals surface area (Å²) in [6.07, 6.45) is 0. The van der Waals surface area contributed by atoms with Crippen molar-refractivity contribution in [1.29, 1.82) is 0 Å². The summed E-state index contributed by atoms with van der Waals surface area (Å²) in [7, 11) is 1.66. The number of benzene rings is 1. The number of halogens is 1. The summed E-state index contributed by atoms with van der Waals surface area (Å²) in [6.45, 7) is 6.50. The Labute approximate surface area is 130 Å². The molecule has 1 fully saturated rings. The minimum Gasteiger partial charge on any atom is -0.507 e. The first-order valence-electron chi connectivity index (χ1n) is 7.47. The second kappa shape index (κ2) is 7.07. The van der Waals surface area contributed by atoms with E-state index < -0.39 is 11.7 Å². The molecule has 5 nitrogen and oxygen atoms in total. The molecule has 0 spiro atoms. The van der Waals surface area contributed by atoms with E-state index in [0.29, 0.717) is 19.7 Å². The molecule has 22 heavy (non-hydrogen) atoms. The Morgan fingerprint density at radius 1 is 1.36 bits per heavy atom. The molecule has 2 atom stereocenters. The van der Waals surface area contributed by atoms with Crippen LogP contribution in [0.5, 0.6) is 5.75 Å². The topological polar surface area (TPSA) is 53.0 Å². The minimum atomic E-state index is -0.688. The molecule has 1 aromatic carbocycles. The number of nitrogens with zero attached hydrogens (tertiary/aromatic N) is 2. The highest BCUT2D eigenvalue weighted by molar-refractivity contribution is 5.97. The van der Waals surface area contributed by atoms with Crippen LogP contribution < -0.4 is 0 Å². The lowest BCUT2D eigenvalue weighted by molar-refractivity contribution is 0.0189. The van der Waals surface area contributed by atoms with Gasteiger partial charge in [-0.1, -0.05) is 6.07 Å². The highest BCUT2D eigenvalue weighted by Gasteiger charge is 2.33. The van der Waals surface area contributed by atoms with Crippen LogP contribution in [0.25, 0.3) is 0 Å². The summed E-state index contributed by atoms with van der Waals surface area (Å²) in [5, 5.41) is 9.78. The maximum absolute atomic E-state index is 13.9. The lowest BCUT2D eigenvalue weighted by Crippen LogP contribution is -2.58. The van der Waals surface area contributed by atoms with Crippen LogP contribution in [-0.4, -0.2) is 66.2 Å². The van der Waals surface area contributed by atoms with Crippen molar-refractivity contribution in [1.82, 2.24) is 9.80 Å². The average molecular weight is 310 g/mol. The number of piperazine rings is 1. The monoisotopic (exact) mass is 310 g/mol. The van der Waals surface area contributed by atoms with E-state index in [9.17, 15) is 14.3 Å². The van der Waals surface area contributed by atoms with Crippen LogP contribution in [0.15, 0.2) is 18.2 Å². The van der Waals surface area contributed by atoms with Crippen molar-refractivity contribution >= 4 is 5.91 Å². The number of phenolic OH excluding ortho intramolecular Hbond substituents is 1. The summed E-state index contributed by atoms with van der Waals surface area (Å²) >= 11 is 0. The van der Waals surface area contributed by atoms with Crippen molar-refractivity contribution in [2.75, 3.05) is 33.4 Å². The van der Waals surface area contributed by atoms with Gasteiger partial charge >= 0.3 is 0 Å². The number of ether oxygens (including phenoxy) is 1. The number of methoxy groups -OCH3 is 1. The first kappa shape index (κ1) is 16.7. The zero-order valence-corrected chi connectivity index (χ0v) is 13.3. The Bertz CT molecular complexity index is 506. The summed E-state index contributed by atoms with van der Waals surface area (Å²) in [5.41, 5.74) is -0.243. The van der Waals surface area contributed by atoms with Crippen molar-refractivity contribution in [3.05, 3.63) is 29.6 Å². The van der Waals surface area contributed by atoms with Gasteiger partial charge in [0.2, 0.25) is 0 Å². The maximum Gasteiger partial charge on any atom is 0.260 e. The van der Waals surface area contributed by atoms with Gasteiger partial charge in [0.1, 0.15) is 17.1 Å². The average Bonchev–Trinajstić information content (AvgIpc) is 2.46. The van der Waals surface area contributed by atoms with Crippen molar-refractivity contribution in [2.24, 2.45) is 0 Å². The fraction of sp³-hybridized carbons (Fsp3) is 0.562. The smallest absolute Gasteiger partial charge is 0.260 e. The summed E-state index contributed by atoms with van der Waals surface area (Å²) in [4.78, 5) is 16.4. The molecular formula is C16H23FN2O3. The van der Waals surface area contributed by atoms with Gasteiger partial charge in [0.15, 0.2) is 0 Å². The summed E-state index contributed by atoms with van der Waals surface area (Å²) in [6, 6.07) is 4.20. The van der Waals surface area contributed by atoms with Gasteiger partial charge < -0.3 is 14.7 Å². The highest BCUT2D eigenvalue weighted by Crippen LogP contribution is 2.24. The quantitative estimate of drug-likeness (QED) is 0.920. The van der Waals surface area contributed by atoms with E-state index in [1.807, 2.05) is 13.8 Å². The number of phenols is 1. The van der Waals surface area contributed by atoms with Gasteiger partial charge in [0, 0.05) is 38.8 Å². The number of aromatic hydroxyl groups is 1. The fourth-order valence-electron chi connectivity index (χ4n) is 3.04. The molecule has 6 heteroatoms. The van der Waals surface area contributed by atoms with Crippen LogP contribution in [0.1, 0.15) is 24.2 Å². The van der Waals surface area contributed by atoms with E-state index in [2.05, 4.69) is 4.90 Å². The minimum absolute atomic E-state index is 0.150. The molecule has 0 saturated carbocycles. The predicted molar refractivity (Wildman–Crippen MR) is 81.5 cm³/mol. The molecule has 1 aliphatic rings. The molecule has 1 aliphatic heterocycles. The molecule has 0 aromatic heterocycles. The Balaban J connectivity index is 2.13. The number of hydrogen-bond acceptors (Lipinski definition) is 4. The summed E-state index contributed by atoms with van der Waals surface area (Å²) < 4.78 is 19.0. The molecule has 0 aliphatic carbocycles. The first-order chi connectivity index (χ1) is 10.5. The van der Waals surface area contributed by atoms with Crippen molar-refractivity contribution in [3.63, 3.8) is 0 Å². The van der Waals surface area contributed by atoms with Gasteiger partial charge in [0.25, 0.3) is 5.91 Å². The van der Waals surface area contributed by atoms with Crippen LogP contribution in [0.2, 0.25) is 0 Å². The Hall–Kier alpha value is -1.66. The van der Waals surface area contributed by atoms with Gasteiger partial charge in [0.05, 0.1) is 6.61 Å². The maximum atomic E-state index is 13.9. The fourth-order valence-corrected chi connectivity index (χ4v) is 3.04. The summed E-state index contributed by atoms with van der Waals surface area (Å²) in [5.74, 6) is -1.46.